The first kappa shape index (κ1) is 14.5. The number of nitrogens with one attached hydrogen (secondary N) is 1. The van der Waals surface area contributed by atoms with E-state index in [1.165, 1.54) is 12.1 Å². The van der Waals surface area contributed by atoms with E-state index in [1.807, 2.05) is 13.8 Å². The van der Waals surface area contributed by atoms with Crippen LogP contribution < -0.4 is 5.32 Å². The van der Waals surface area contributed by atoms with Gasteiger partial charge >= 0.3 is 6.18 Å². The van der Waals surface area contributed by atoms with E-state index in [-0.39, 0.29) is 6.04 Å². The summed E-state index contributed by atoms with van der Waals surface area (Å²) >= 11 is 0. The molecule has 0 radical (unpaired) electrons. The van der Waals surface area contributed by atoms with Crippen molar-refractivity contribution in [3.8, 4) is 0 Å². The Labute approximate surface area is 104 Å². The first-order chi connectivity index (χ1) is 8.34. The summed E-state index contributed by atoms with van der Waals surface area (Å²) in [7, 11) is 0. The Morgan fingerprint density at radius 2 is 1.78 bits per heavy atom. The van der Waals surface area contributed by atoms with E-state index < -0.39 is 11.7 Å². The average molecular weight is 259 g/mol. The normalized spacial score (nSPS) is 13.4. The van der Waals surface area contributed by atoms with Crippen LogP contribution in [-0.4, -0.2) is 6.41 Å². The maximum atomic E-state index is 12.4. The Balaban J connectivity index is 2.89. The molecular weight excluding hydrogens is 243 g/mol. The van der Waals surface area contributed by atoms with Crippen molar-refractivity contribution < 1.29 is 18.0 Å². The predicted octanol–water partition coefficient (Wildman–Crippen LogP) is 3.54. The molecule has 0 aliphatic heterocycles. The molecule has 0 aromatic heterocycles. The molecule has 100 valence electrons. The van der Waals surface area contributed by atoms with Gasteiger partial charge in [0.25, 0.3) is 0 Å². The molecule has 2 nitrogen and oxygen atoms in total. The fourth-order valence-electron chi connectivity index (χ4n) is 1.76. The summed E-state index contributed by atoms with van der Waals surface area (Å²) in [6.45, 7) is 3.98. The highest BCUT2D eigenvalue weighted by Gasteiger charge is 2.30. The third-order valence-electron chi connectivity index (χ3n) is 2.62. The third kappa shape index (κ3) is 4.05. The molecule has 0 saturated heterocycles. The molecule has 0 fully saturated rings. The molecule has 1 atom stereocenters. The monoisotopic (exact) mass is 259 g/mol. The zero-order valence-electron chi connectivity index (χ0n) is 10.3. The summed E-state index contributed by atoms with van der Waals surface area (Å²) in [6.07, 6.45) is -3.07. The van der Waals surface area contributed by atoms with Crippen LogP contribution in [-0.2, 0) is 11.0 Å². The number of carbonyl (C=O) groups is 1. The fraction of sp³-hybridized carbons (Fsp3) is 0.462. The van der Waals surface area contributed by atoms with Crippen molar-refractivity contribution in [1.82, 2.24) is 5.32 Å². The number of hydrogen-bond acceptors (Lipinski definition) is 1. The first-order valence-corrected chi connectivity index (χ1v) is 5.71. The summed E-state index contributed by atoms with van der Waals surface area (Å²) in [4.78, 5) is 10.5. The molecule has 0 unspecified atom stereocenters. The second-order valence-corrected chi connectivity index (χ2v) is 4.59. The highest BCUT2D eigenvalue weighted by atomic mass is 19.4. The van der Waals surface area contributed by atoms with Gasteiger partial charge in [0.05, 0.1) is 11.6 Å². The number of hydrogen-bond donors (Lipinski definition) is 1. The molecule has 5 heteroatoms. The van der Waals surface area contributed by atoms with Crippen LogP contribution in [0.2, 0.25) is 0 Å². The lowest BCUT2D eigenvalue weighted by atomic mass is 9.96. The number of halogens is 3. The van der Waals surface area contributed by atoms with Gasteiger partial charge in [0, 0.05) is 0 Å². The maximum Gasteiger partial charge on any atom is 0.416 e. The molecule has 1 amide bonds. The molecule has 0 aliphatic carbocycles. The van der Waals surface area contributed by atoms with Gasteiger partial charge < -0.3 is 5.32 Å². The molecule has 1 aromatic rings. The van der Waals surface area contributed by atoms with Crippen LogP contribution in [0, 0.1) is 5.92 Å². The summed E-state index contributed by atoms with van der Waals surface area (Å²) in [5.74, 6) is 0.338. The van der Waals surface area contributed by atoms with E-state index in [1.54, 1.807) is 0 Å². The zero-order chi connectivity index (χ0) is 13.8. The van der Waals surface area contributed by atoms with Gasteiger partial charge in [-0.3, -0.25) is 4.79 Å². The second-order valence-electron chi connectivity index (χ2n) is 4.59. The molecule has 0 saturated carbocycles. The molecular formula is C13H16F3NO. The number of rotatable bonds is 5. The van der Waals surface area contributed by atoms with E-state index in [9.17, 15) is 18.0 Å². The molecule has 0 heterocycles. The van der Waals surface area contributed by atoms with E-state index in [0.717, 1.165) is 12.1 Å². The Kier molecular flexibility index (Phi) is 4.76. The SMILES string of the molecule is CC(C)C[C@@H](NC=O)c1ccc(C(F)(F)F)cc1. The van der Waals surface area contributed by atoms with Crippen molar-refractivity contribution in [2.24, 2.45) is 5.92 Å². The van der Waals surface area contributed by atoms with Crippen molar-refractivity contribution in [2.75, 3.05) is 0 Å². The van der Waals surface area contributed by atoms with Gasteiger partial charge in [-0.2, -0.15) is 13.2 Å². The van der Waals surface area contributed by atoms with Gasteiger partial charge in [-0.15, -0.1) is 0 Å². The van der Waals surface area contributed by atoms with Crippen molar-refractivity contribution in [3.63, 3.8) is 0 Å². The fourth-order valence-corrected chi connectivity index (χ4v) is 1.76. The Morgan fingerprint density at radius 1 is 1.22 bits per heavy atom. The van der Waals surface area contributed by atoms with Crippen molar-refractivity contribution in [2.45, 2.75) is 32.5 Å². The standard InChI is InChI=1S/C13H16F3NO/c1-9(2)7-12(17-8-18)10-3-5-11(6-4-10)13(14,15)16/h3-6,8-9,12H,7H2,1-2H3,(H,17,18)/t12-/m1/s1. The lowest BCUT2D eigenvalue weighted by Gasteiger charge is -2.19. The van der Waals surface area contributed by atoms with Crippen molar-refractivity contribution >= 4 is 6.41 Å². The lowest BCUT2D eigenvalue weighted by Crippen LogP contribution is -2.21. The minimum absolute atomic E-state index is 0.246. The van der Waals surface area contributed by atoms with Crippen LogP contribution in [0.4, 0.5) is 13.2 Å². The molecule has 0 bridgehead atoms. The number of benzene rings is 1. The molecule has 1 rings (SSSR count). The minimum atomic E-state index is -4.33. The zero-order valence-corrected chi connectivity index (χ0v) is 10.3. The molecule has 1 aromatic carbocycles. The van der Waals surface area contributed by atoms with Gasteiger partial charge in [0.1, 0.15) is 0 Å². The lowest BCUT2D eigenvalue weighted by molar-refractivity contribution is -0.137. The summed E-state index contributed by atoms with van der Waals surface area (Å²) in [5, 5.41) is 2.63. The van der Waals surface area contributed by atoms with Crippen LogP contribution in [0.3, 0.4) is 0 Å². The molecule has 0 spiro atoms. The predicted molar refractivity (Wildman–Crippen MR) is 62.8 cm³/mol. The molecule has 0 aliphatic rings. The van der Waals surface area contributed by atoms with Crippen LogP contribution in [0.1, 0.15) is 37.4 Å². The second kappa shape index (κ2) is 5.89. The maximum absolute atomic E-state index is 12.4. The Hall–Kier alpha value is -1.52. The van der Waals surface area contributed by atoms with Crippen molar-refractivity contribution in [3.05, 3.63) is 35.4 Å². The number of alkyl halides is 3. The largest absolute Gasteiger partial charge is 0.416 e. The summed E-state index contributed by atoms with van der Waals surface area (Å²) < 4.78 is 37.2. The summed E-state index contributed by atoms with van der Waals surface area (Å²) in [6, 6.07) is 4.65. The quantitative estimate of drug-likeness (QED) is 0.805. The number of amides is 1. The Bertz CT molecular complexity index is 384. The molecule has 18 heavy (non-hydrogen) atoms. The van der Waals surface area contributed by atoms with E-state index in [4.69, 9.17) is 0 Å². The van der Waals surface area contributed by atoms with Gasteiger partial charge in [-0.05, 0) is 30.0 Å². The van der Waals surface area contributed by atoms with Gasteiger partial charge in [0.15, 0.2) is 0 Å². The van der Waals surface area contributed by atoms with E-state index in [2.05, 4.69) is 5.32 Å². The van der Waals surface area contributed by atoms with Crippen LogP contribution in [0.25, 0.3) is 0 Å². The van der Waals surface area contributed by atoms with E-state index in [0.29, 0.717) is 24.3 Å². The van der Waals surface area contributed by atoms with Gasteiger partial charge in [0.2, 0.25) is 6.41 Å². The van der Waals surface area contributed by atoms with Crippen LogP contribution in [0.5, 0.6) is 0 Å². The number of carbonyl (C=O) groups excluding carboxylic acids is 1. The average Bonchev–Trinajstić information content (AvgIpc) is 2.27. The topological polar surface area (TPSA) is 29.1 Å². The van der Waals surface area contributed by atoms with E-state index >= 15 is 0 Å². The smallest absolute Gasteiger partial charge is 0.352 e. The molecule has 1 N–H and O–H groups in total. The third-order valence-corrected chi connectivity index (χ3v) is 2.62. The first-order valence-electron chi connectivity index (χ1n) is 5.71. The summed E-state index contributed by atoms with van der Waals surface area (Å²) in [5.41, 5.74) is 0.00412. The van der Waals surface area contributed by atoms with Crippen LogP contribution in [0.15, 0.2) is 24.3 Å². The van der Waals surface area contributed by atoms with Gasteiger partial charge in [-0.1, -0.05) is 26.0 Å². The minimum Gasteiger partial charge on any atom is -0.352 e. The highest BCUT2D eigenvalue weighted by Crippen LogP contribution is 2.30. The Morgan fingerprint density at radius 3 is 2.17 bits per heavy atom. The van der Waals surface area contributed by atoms with Gasteiger partial charge in [-0.25, -0.2) is 0 Å². The van der Waals surface area contributed by atoms with Crippen LogP contribution >= 0.6 is 0 Å². The highest BCUT2D eigenvalue weighted by molar-refractivity contribution is 5.48. The van der Waals surface area contributed by atoms with Crippen molar-refractivity contribution in [1.29, 1.82) is 0 Å².